The molecule has 1 fully saturated rings. The third-order valence-electron chi connectivity index (χ3n) is 4.64. The molecule has 1 saturated heterocycles. The van der Waals surface area contributed by atoms with Gasteiger partial charge in [0.2, 0.25) is 0 Å². The molecule has 3 rings (SSSR count). The number of nitrogens with zero attached hydrogens (tertiary/aromatic N) is 2. The number of anilines is 1. The Kier molecular flexibility index (Phi) is 6.60. The summed E-state index contributed by atoms with van der Waals surface area (Å²) in [6.07, 6.45) is 0. The number of carbonyl (C=O) groups is 2. The minimum Gasteiger partial charge on any atom is -0.462 e. The highest BCUT2D eigenvalue weighted by Crippen LogP contribution is 2.18. The Bertz CT molecular complexity index is 818. The molecular weight excluding hydrogens is 361 g/mol. The third-order valence-corrected chi connectivity index (χ3v) is 4.64. The molecule has 0 unspecified atom stereocenters. The van der Waals surface area contributed by atoms with Crippen molar-refractivity contribution in [1.29, 1.82) is 0 Å². The summed E-state index contributed by atoms with van der Waals surface area (Å²) < 4.78 is 18.1. The summed E-state index contributed by atoms with van der Waals surface area (Å²) in [5, 5.41) is 2.82. The zero-order chi connectivity index (χ0) is 19.9. The van der Waals surface area contributed by atoms with E-state index in [1.165, 1.54) is 12.1 Å². The number of amides is 2. The summed E-state index contributed by atoms with van der Waals surface area (Å²) in [6.45, 7) is 5.35. The molecule has 0 aliphatic carbocycles. The second-order valence-electron chi connectivity index (χ2n) is 6.59. The van der Waals surface area contributed by atoms with Crippen molar-refractivity contribution in [3.05, 3.63) is 65.5 Å². The second-order valence-corrected chi connectivity index (χ2v) is 6.59. The van der Waals surface area contributed by atoms with Gasteiger partial charge < -0.3 is 15.0 Å². The number of para-hydroxylation sites is 1. The van der Waals surface area contributed by atoms with E-state index in [2.05, 4.69) is 10.2 Å². The fourth-order valence-electron chi connectivity index (χ4n) is 3.13. The topological polar surface area (TPSA) is 61.9 Å². The normalized spacial score (nSPS) is 14.6. The smallest absolute Gasteiger partial charge is 0.340 e. The van der Waals surface area contributed by atoms with Crippen molar-refractivity contribution in [2.24, 2.45) is 0 Å². The molecule has 7 heteroatoms. The van der Waals surface area contributed by atoms with Gasteiger partial charge in [0.1, 0.15) is 5.82 Å². The molecule has 2 aromatic rings. The largest absolute Gasteiger partial charge is 0.462 e. The van der Waals surface area contributed by atoms with Crippen LogP contribution in [0.25, 0.3) is 0 Å². The molecule has 2 amide bonds. The lowest BCUT2D eigenvalue weighted by molar-refractivity contribution is 0.0527. The fourth-order valence-corrected chi connectivity index (χ4v) is 3.13. The first-order valence-corrected chi connectivity index (χ1v) is 9.35. The van der Waals surface area contributed by atoms with Gasteiger partial charge in [0, 0.05) is 32.7 Å². The summed E-state index contributed by atoms with van der Waals surface area (Å²) in [4.78, 5) is 28.6. The summed E-state index contributed by atoms with van der Waals surface area (Å²) in [5.74, 6) is -0.698. The van der Waals surface area contributed by atoms with Crippen molar-refractivity contribution in [2.45, 2.75) is 13.5 Å². The number of hydrogen-bond acceptors (Lipinski definition) is 4. The van der Waals surface area contributed by atoms with Gasteiger partial charge in [-0.3, -0.25) is 4.90 Å². The van der Waals surface area contributed by atoms with E-state index in [0.717, 1.165) is 25.2 Å². The van der Waals surface area contributed by atoms with Gasteiger partial charge in [0.05, 0.1) is 17.9 Å². The van der Waals surface area contributed by atoms with E-state index in [4.69, 9.17) is 4.74 Å². The van der Waals surface area contributed by atoms with Gasteiger partial charge in [-0.25, -0.2) is 14.0 Å². The Morgan fingerprint density at radius 2 is 1.71 bits per heavy atom. The molecule has 0 atom stereocenters. The molecule has 0 bridgehead atoms. The number of rotatable bonds is 5. The van der Waals surface area contributed by atoms with Crippen LogP contribution in [0.4, 0.5) is 14.9 Å². The van der Waals surface area contributed by atoms with E-state index in [0.29, 0.717) is 24.3 Å². The predicted molar refractivity (Wildman–Crippen MR) is 105 cm³/mol. The lowest BCUT2D eigenvalue weighted by Crippen LogP contribution is -2.49. The molecule has 0 spiro atoms. The molecule has 148 valence electrons. The Morgan fingerprint density at radius 1 is 1.04 bits per heavy atom. The molecule has 1 N–H and O–H groups in total. The minimum atomic E-state index is -0.456. The van der Waals surface area contributed by atoms with Crippen LogP contribution in [0.2, 0.25) is 0 Å². The number of ether oxygens (including phenoxy) is 1. The summed E-state index contributed by atoms with van der Waals surface area (Å²) in [6, 6.07) is 13.1. The van der Waals surface area contributed by atoms with E-state index in [1.54, 1.807) is 48.2 Å². The first kappa shape index (κ1) is 19.8. The molecule has 0 saturated carbocycles. The lowest BCUT2D eigenvalue weighted by Gasteiger charge is -2.34. The quantitative estimate of drug-likeness (QED) is 0.802. The first-order valence-electron chi connectivity index (χ1n) is 9.35. The highest BCUT2D eigenvalue weighted by Gasteiger charge is 2.22. The van der Waals surface area contributed by atoms with Crippen LogP contribution in [0.5, 0.6) is 0 Å². The Balaban J connectivity index is 1.54. The number of halogens is 1. The Hall–Kier alpha value is -2.93. The van der Waals surface area contributed by atoms with Gasteiger partial charge in [-0.2, -0.15) is 0 Å². The van der Waals surface area contributed by atoms with Crippen molar-refractivity contribution >= 4 is 17.7 Å². The number of piperazine rings is 1. The second kappa shape index (κ2) is 9.32. The van der Waals surface area contributed by atoms with Crippen molar-refractivity contribution < 1.29 is 18.7 Å². The zero-order valence-corrected chi connectivity index (χ0v) is 15.9. The maximum Gasteiger partial charge on any atom is 0.340 e. The summed E-state index contributed by atoms with van der Waals surface area (Å²) in [5.41, 5.74) is 1.83. The molecule has 1 heterocycles. The molecule has 1 aliphatic rings. The van der Waals surface area contributed by atoms with Crippen LogP contribution >= 0.6 is 0 Å². The molecule has 1 aliphatic heterocycles. The molecule has 28 heavy (non-hydrogen) atoms. The van der Waals surface area contributed by atoms with E-state index in [-0.39, 0.29) is 18.5 Å². The molecule has 0 aromatic heterocycles. The maximum atomic E-state index is 13.0. The van der Waals surface area contributed by atoms with Gasteiger partial charge in [-0.15, -0.1) is 0 Å². The Morgan fingerprint density at radius 3 is 2.39 bits per heavy atom. The number of esters is 1. The minimum absolute atomic E-state index is 0.238. The number of urea groups is 1. The van der Waals surface area contributed by atoms with Crippen LogP contribution in [-0.2, 0) is 11.3 Å². The van der Waals surface area contributed by atoms with Gasteiger partial charge in [-0.1, -0.05) is 24.3 Å². The molecule has 2 aromatic carbocycles. The van der Waals surface area contributed by atoms with Crippen LogP contribution in [0, 0.1) is 5.82 Å². The van der Waals surface area contributed by atoms with E-state index >= 15 is 0 Å². The summed E-state index contributed by atoms with van der Waals surface area (Å²) in [7, 11) is 0. The monoisotopic (exact) mass is 385 g/mol. The van der Waals surface area contributed by atoms with Gasteiger partial charge in [-0.05, 0) is 36.8 Å². The highest BCUT2D eigenvalue weighted by atomic mass is 19.1. The molecule has 0 radical (unpaired) electrons. The van der Waals surface area contributed by atoms with Crippen LogP contribution in [0.3, 0.4) is 0 Å². The van der Waals surface area contributed by atoms with Crippen molar-refractivity contribution in [3.8, 4) is 0 Å². The third kappa shape index (κ3) is 5.07. The lowest BCUT2D eigenvalue weighted by atomic mass is 10.2. The van der Waals surface area contributed by atoms with E-state index in [9.17, 15) is 14.0 Å². The van der Waals surface area contributed by atoms with Crippen LogP contribution in [0.15, 0.2) is 48.5 Å². The highest BCUT2D eigenvalue weighted by molar-refractivity contribution is 6.00. The standard InChI is InChI=1S/C21H24FN3O3/c1-2-28-20(26)18-5-3-4-6-19(18)23-21(27)25-13-11-24(12-14-25)15-16-7-9-17(22)10-8-16/h3-10H,2,11-15H2,1H3,(H,23,27). The van der Waals surface area contributed by atoms with Crippen molar-refractivity contribution in [3.63, 3.8) is 0 Å². The average molecular weight is 385 g/mol. The van der Waals surface area contributed by atoms with Gasteiger partial charge in [0.25, 0.3) is 0 Å². The number of nitrogens with one attached hydrogen (secondary N) is 1. The Labute approximate surface area is 163 Å². The van der Waals surface area contributed by atoms with Crippen LogP contribution < -0.4 is 5.32 Å². The van der Waals surface area contributed by atoms with Crippen LogP contribution in [0.1, 0.15) is 22.8 Å². The average Bonchev–Trinajstić information content (AvgIpc) is 2.71. The summed E-state index contributed by atoms with van der Waals surface area (Å²) >= 11 is 0. The van der Waals surface area contributed by atoms with E-state index in [1.807, 2.05) is 0 Å². The fraction of sp³-hybridized carbons (Fsp3) is 0.333. The maximum absolute atomic E-state index is 13.0. The molecular formula is C21H24FN3O3. The zero-order valence-electron chi connectivity index (χ0n) is 15.9. The van der Waals surface area contributed by atoms with Crippen LogP contribution in [-0.4, -0.2) is 54.6 Å². The SMILES string of the molecule is CCOC(=O)c1ccccc1NC(=O)N1CCN(Cc2ccc(F)cc2)CC1. The molecule has 6 nitrogen and oxygen atoms in total. The number of hydrogen-bond donors (Lipinski definition) is 1. The van der Waals surface area contributed by atoms with Crippen molar-refractivity contribution in [2.75, 3.05) is 38.1 Å². The number of carbonyl (C=O) groups excluding carboxylic acids is 2. The van der Waals surface area contributed by atoms with E-state index < -0.39 is 5.97 Å². The van der Waals surface area contributed by atoms with Gasteiger partial charge >= 0.3 is 12.0 Å². The number of benzene rings is 2. The van der Waals surface area contributed by atoms with Crippen molar-refractivity contribution in [1.82, 2.24) is 9.80 Å². The predicted octanol–water partition coefficient (Wildman–Crippen LogP) is 3.35. The van der Waals surface area contributed by atoms with Gasteiger partial charge in [0.15, 0.2) is 0 Å². The first-order chi connectivity index (χ1) is 13.6.